The average Bonchev–Trinajstić information content (AvgIpc) is 2.23. The van der Waals surface area contributed by atoms with Crippen LogP contribution in [-0.2, 0) is 19.5 Å². The number of aryl methyl sites for hydroxylation is 2. The lowest BCUT2D eigenvalue weighted by atomic mass is 9.78. The van der Waals surface area contributed by atoms with Gasteiger partial charge in [0.1, 0.15) is 5.75 Å². The van der Waals surface area contributed by atoms with Crippen molar-refractivity contribution in [1.29, 1.82) is 0 Å². The second-order valence-corrected chi connectivity index (χ2v) is 7.07. The SMILES string of the molecule is CCOC(=O)CC(C)(C)c1c(C)cc(C)cc1OP(=O)(O)O. The van der Waals surface area contributed by atoms with Crippen molar-refractivity contribution in [3.63, 3.8) is 0 Å². The molecule has 0 bridgehead atoms. The van der Waals surface area contributed by atoms with Gasteiger partial charge in [0.15, 0.2) is 0 Å². The predicted octanol–water partition coefficient (Wildman–Crippen LogP) is 3.01. The monoisotopic (exact) mass is 330 g/mol. The zero-order valence-electron chi connectivity index (χ0n) is 13.5. The normalized spacial score (nSPS) is 12.1. The Labute approximate surface area is 130 Å². The highest BCUT2D eigenvalue weighted by Crippen LogP contribution is 2.45. The van der Waals surface area contributed by atoms with Gasteiger partial charge in [-0.2, -0.15) is 0 Å². The first-order valence-corrected chi connectivity index (χ1v) is 8.52. The first-order valence-electron chi connectivity index (χ1n) is 6.99. The van der Waals surface area contributed by atoms with E-state index in [1.807, 2.05) is 33.8 Å². The van der Waals surface area contributed by atoms with E-state index in [2.05, 4.69) is 0 Å². The van der Waals surface area contributed by atoms with Gasteiger partial charge in [-0.1, -0.05) is 19.9 Å². The summed E-state index contributed by atoms with van der Waals surface area (Å²) in [4.78, 5) is 30.0. The average molecular weight is 330 g/mol. The molecule has 0 aliphatic rings. The quantitative estimate of drug-likeness (QED) is 0.615. The number of ether oxygens (including phenoxy) is 1. The lowest BCUT2D eigenvalue weighted by Gasteiger charge is -2.29. The third-order valence-electron chi connectivity index (χ3n) is 3.23. The molecule has 0 heterocycles. The molecule has 0 spiro atoms. The smallest absolute Gasteiger partial charge is 0.466 e. The van der Waals surface area contributed by atoms with E-state index in [1.165, 1.54) is 0 Å². The summed E-state index contributed by atoms with van der Waals surface area (Å²) in [6.07, 6.45) is 0.0856. The molecule has 0 atom stereocenters. The lowest BCUT2D eigenvalue weighted by molar-refractivity contribution is -0.144. The molecule has 6 nitrogen and oxygen atoms in total. The van der Waals surface area contributed by atoms with Crippen molar-refractivity contribution < 1.29 is 28.4 Å². The van der Waals surface area contributed by atoms with Gasteiger partial charge in [0.25, 0.3) is 0 Å². The van der Waals surface area contributed by atoms with Gasteiger partial charge >= 0.3 is 13.8 Å². The van der Waals surface area contributed by atoms with Gasteiger partial charge in [0, 0.05) is 11.0 Å². The number of carbonyl (C=O) groups excluding carboxylic acids is 1. The molecule has 0 radical (unpaired) electrons. The van der Waals surface area contributed by atoms with E-state index in [-0.39, 0.29) is 24.7 Å². The maximum absolute atomic E-state index is 11.8. The Kier molecular flexibility index (Phi) is 5.79. The molecule has 0 aliphatic heterocycles. The van der Waals surface area contributed by atoms with Crippen LogP contribution in [0.25, 0.3) is 0 Å². The highest BCUT2D eigenvalue weighted by molar-refractivity contribution is 7.46. The summed E-state index contributed by atoms with van der Waals surface area (Å²) < 4.78 is 21.0. The van der Waals surface area contributed by atoms with Crippen LogP contribution in [0.4, 0.5) is 0 Å². The van der Waals surface area contributed by atoms with Gasteiger partial charge in [-0.05, 0) is 38.0 Å². The van der Waals surface area contributed by atoms with Crippen LogP contribution in [0.3, 0.4) is 0 Å². The molecule has 0 fully saturated rings. The molecular weight excluding hydrogens is 307 g/mol. The van der Waals surface area contributed by atoms with E-state index in [0.717, 1.165) is 11.1 Å². The summed E-state index contributed by atoms with van der Waals surface area (Å²) in [5.41, 5.74) is 1.53. The van der Waals surface area contributed by atoms with Crippen LogP contribution in [0.15, 0.2) is 12.1 Å². The van der Waals surface area contributed by atoms with E-state index in [4.69, 9.17) is 19.0 Å². The fourth-order valence-electron chi connectivity index (χ4n) is 2.66. The maximum atomic E-state index is 11.8. The molecule has 0 unspecified atom stereocenters. The van der Waals surface area contributed by atoms with Crippen molar-refractivity contribution in [1.82, 2.24) is 0 Å². The van der Waals surface area contributed by atoms with Crippen LogP contribution in [-0.4, -0.2) is 22.4 Å². The molecule has 0 aliphatic carbocycles. The number of carbonyl (C=O) groups is 1. The Hall–Kier alpha value is -1.36. The molecular formula is C15H23O6P. The highest BCUT2D eigenvalue weighted by atomic mass is 31.2. The number of hydrogen-bond acceptors (Lipinski definition) is 4. The van der Waals surface area contributed by atoms with Crippen LogP contribution < -0.4 is 4.52 Å². The van der Waals surface area contributed by atoms with Crippen molar-refractivity contribution in [2.24, 2.45) is 0 Å². The molecule has 7 heteroatoms. The van der Waals surface area contributed by atoms with Crippen LogP contribution in [0.2, 0.25) is 0 Å². The highest BCUT2D eigenvalue weighted by Gasteiger charge is 2.32. The van der Waals surface area contributed by atoms with Gasteiger partial charge in [-0.15, -0.1) is 0 Å². The van der Waals surface area contributed by atoms with Crippen LogP contribution in [0.1, 0.15) is 43.9 Å². The second kappa shape index (κ2) is 6.82. The Bertz CT molecular complexity index is 602. The van der Waals surface area contributed by atoms with Crippen molar-refractivity contribution in [2.75, 3.05) is 6.61 Å². The summed E-state index contributed by atoms with van der Waals surface area (Å²) >= 11 is 0. The Morgan fingerprint density at radius 3 is 2.36 bits per heavy atom. The molecule has 0 saturated carbocycles. The Morgan fingerprint density at radius 2 is 1.86 bits per heavy atom. The van der Waals surface area contributed by atoms with Gasteiger partial charge in [-0.3, -0.25) is 14.6 Å². The molecule has 1 rings (SSSR count). The standard InChI is InChI=1S/C15H23O6P/c1-6-20-13(16)9-15(4,5)14-11(3)7-10(2)8-12(14)21-22(17,18)19/h7-8H,6,9H2,1-5H3,(H2,17,18,19). The predicted molar refractivity (Wildman–Crippen MR) is 82.9 cm³/mol. The summed E-state index contributed by atoms with van der Waals surface area (Å²) in [5.74, 6) is -0.269. The fourth-order valence-corrected chi connectivity index (χ4v) is 3.06. The van der Waals surface area contributed by atoms with Crippen molar-refractivity contribution in [3.8, 4) is 5.75 Å². The molecule has 2 N–H and O–H groups in total. The molecule has 0 saturated heterocycles. The molecule has 1 aromatic carbocycles. The Balaban J connectivity index is 3.31. The summed E-state index contributed by atoms with van der Waals surface area (Å²) in [6, 6.07) is 3.45. The largest absolute Gasteiger partial charge is 0.524 e. The van der Waals surface area contributed by atoms with Crippen molar-refractivity contribution >= 4 is 13.8 Å². The third-order valence-corrected chi connectivity index (χ3v) is 3.66. The summed E-state index contributed by atoms with van der Waals surface area (Å²) in [5, 5.41) is 0. The lowest BCUT2D eigenvalue weighted by Crippen LogP contribution is -2.25. The minimum absolute atomic E-state index is 0.0856. The minimum atomic E-state index is -4.69. The van der Waals surface area contributed by atoms with E-state index in [0.29, 0.717) is 5.56 Å². The first-order chi connectivity index (χ1) is 9.96. The minimum Gasteiger partial charge on any atom is -0.466 e. The zero-order valence-corrected chi connectivity index (χ0v) is 14.4. The van der Waals surface area contributed by atoms with E-state index >= 15 is 0 Å². The van der Waals surface area contributed by atoms with Crippen LogP contribution >= 0.6 is 7.82 Å². The van der Waals surface area contributed by atoms with E-state index < -0.39 is 13.2 Å². The molecule has 0 aromatic heterocycles. The molecule has 124 valence electrons. The van der Waals surface area contributed by atoms with Crippen molar-refractivity contribution in [3.05, 3.63) is 28.8 Å². The summed E-state index contributed by atoms with van der Waals surface area (Å²) in [6.45, 7) is 9.27. The van der Waals surface area contributed by atoms with E-state index in [9.17, 15) is 9.36 Å². The molecule has 22 heavy (non-hydrogen) atoms. The summed E-state index contributed by atoms with van der Waals surface area (Å²) in [7, 11) is -4.69. The Morgan fingerprint density at radius 1 is 1.27 bits per heavy atom. The third kappa shape index (κ3) is 5.13. The maximum Gasteiger partial charge on any atom is 0.524 e. The van der Waals surface area contributed by atoms with Crippen molar-refractivity contribution in [2.45, 2.75) is 46.5 Å². The number of phosphoric acid groups is 1. The molecule has 0 amide bonds. The number of benzene rings is 1. The van der Waals surface area contributed by atoms with Gasteiger partial charge in [-0.25, -0.2) is 4.57 Å². The van der Waals surface area contributed by atoms with E-state index in [1.54, 1.807) is 13.0 Å². The van der Waals surface area contributed by atoms with Gasteiger partial charge in [0.05, 0.1) is 13.0 Å². The number of phosphoric ester groups is 1. The topological polar surface area (TPSA) is 93.1 Å². The van der Waals surface area contributed by atoms with Gasteiger partial charge in [0.2, 0.25) is 0 Å². The van der Waals surface area contributed by atoms with Crippen LogP contribution in [0.5, 0.6) is 5.75 Å². The molecule has 1 aromatic rings. The number of esters is 1. The number of rotatable bonds is 6. The van der Waals surface area contributed by atoms with Crippen LogP contribution in [0, 0.1) is 13.8 Å². The fraction of sp³-hybridized carbons (Fsp3) is 0.533. The number of hydrogen-bond donors (Lipinski definition) is 2. The van der Waals surface area contributed by atoms with Gasteiger partial charge < -0.3 is 9.26 Å². The second-order valence-electron chi connectivity index (χ2n) is 5.90. The zero-order chi connectivity index (χ0) is 17.1. The first kappa shape index (κ1) is 18.7.